The van der Waals surface area contributed by atoms with E-state index in [9.17, 15) is 14.7 Å². The number of halogens is 1. The molecule has 0 aromatic rings. The van der Waals surface area contributed by atoms with Crippen LogP contribution < -0.4 is 0 Å². The minimum atomic E-state index is -1.05. The molecular formula is C19H37ClNO3+. The van der Waals surface area contributed by atoms with Gasteiger partial charge in [0, 0.05) is 12.8 Å². The first-order chi connectivity index (χ1) is 11.2. The first kappa shape index (κ1) is 23.4. The number of nitrogens with zero attached hydrogens (tertiary/aromatic N) is 1. The molecule has 0 amide bonds. The summed E-state index contributed by atoms with van der Waals surface area (Å²) in [7, 11) is 5.71. The predicted octanol–water partition coefficient (Wildman–Crippen LogP) is 4.84. The van der Waals surface area contributed by atoms with Crippen molar-refractivity contribution in [3.8, 4) is 0 Å². The van der Waals surface area contributed by atoms with Gasteiger partial charge in [-0.25, -0.2) is 0 Å². The molecule has 0 aliphatic rings. The molecule has 4 nitrogen and oxygen atoms in total. The van der Waals surface area contributed by atoms with Crippen LogP contribution in [0, 0.1) is 5.92 Å². The molecule has 24 heavy (non-hydrogen) atoms. The van der Waals surface area contributed by atoms with Crippen LogP contribution >= 0.6 is 11.6 Å². The van der Waals surface area contributed by atoms with Crippen molar-refractivity contribution in [1.29, 1.82) is 0 Å². The number of unbranched alkanes of at least 4 members (excludes halogenated alkanes) is 8. The molecule has 142 valence electrons. The van der Waals surface area contributed by atoms with E-state index in [2.05, 4.69) is 6.92 Å². The van der Waals surface area contributed by atoms with Crippen molar-refractivity contribution in [3.05, 3.63) is 0 Å². The quantitative estimate of drug-likeness (QED) is 0.149. The molecule has 1 N–H and O–H groups in total. The van der Waals surface area contributed by atoms with E-state index in [0.29, 0.717) is 10.9 Å². The third-order valence-electron chi connectivity index (χ3n) is 4.48. The van der Waals surface area contributed by atoms with Crippen LogP contribution in [0.1, 0.15) is 77.6 Å². The van der Waals surface area contributed by atoms with Crippen LogP contribution in [0.2, 0.25) is 0 Å². The van der Waals surface area contributed by atoms with Crippen molar-refractivity contribution in [2.75, 3.05) is 21.1 Å². The number of carboxylic acid groups (broad SMARTS) is 1. The zero-order valence-electron chi connectivity index (χ0n) is 16.0. The molecule has 0 bridgehead atoms. The summed E-state index contributed by atoms with van der Waals surface area (Å²) in [5.41, 5.74) is -0.377. The van der Waals surface area contributed by atoms with E-state index in [1.807, 2.05) is 21.1 Å². The number of quaternary nitrogens is 1. The van der Waals surface area contributed by atoms with Crippen LogP contribution in [0.15, 0.2) is 0 Å². The summed E-state index contributed by atoms with van der Waals surface area (Å²) in [6.45, 7) is 2.22. The van der Waals surface area contributed by atoms with E-state index in [0.717, 1.165) is 19.3 Å². The molecule has 0 spiro atoms. The Morgan fingerprint density at radius 1 is 0.917 bits per heavy atom. The fourth-order valence-corrected chi connectivity index (χ4v) is 2.84. The molecule has 0 heterocycles. The van der Waals surface area contributed by atoms with Crippen LogP contribution in [0.5, 0.6) is 0 Å². The minimum absolute atomic E-state index is 0.176. The van der Waals surface area contributed by atoms with E-state index >= 15 is 0 Å². The highest BCUT2D eigenvalue weighted by Gasteiger charge is 2.33. The smallest absolute Gasteiger partial charge is 0.314 e. The lowest BCUT2D eigenvalue weighted by atomic mass is 9.95. The molecule has 0 aromatic heterocycles. The normalized spacial score (nSPS) is 14.4. The summed E-state index contributed by atoms with van der Waals surface area (Å²) in [4.78, 5) is 23.6. The van der Waals surface area contributed by atoms with Crippen LogP contribution in [-0.2, 0) is 9.59 Å². The highest BCUT2D eigenvalue weighted by atomic mass is 35.5. The Bertz CT molecular complexity index is 366. The Kier molecular flexibility index (Phi) is 12.4. The molecule has 0 radical (unpaired) electrons. The molecule has 0 saturated carbocycles. The lowest BCUT2D eigenvalue weighted by Gasteiger charge is -2.30. The van der Waals surface area contributed by atoms with Gasteiger partial charge in [0.2, 0.25) is 0 Å². The van der Waals surface area contributed by atoms with Gasteiger partial charge in [0.1, 0.15) is 11.7 Å². The molecular weight excluding hydrogens is 326 g/mol. The fraction of sp³-hybridized carbons (Fsp3) is 0.895. The highest BCUT2D eigenvalue weighted by molar-refractivity contribution is 6.20. The largest absolute Gasteiger partial charge is 0.481 e. The molecule has 5 heteroatoms. The second kappa shape index (κ2) is 12.7. The standard InChI is InChI=1S/C19H36ClNO3/c1-5-6-7-8-9-10-11-12-13-14-17(22)16(19(23)24)15-18(20)21(2,3)4/h16,18H,5-15H2,1-4H3/p+1/t16-,18+/m0/s1. The van der Waals surface area contributed by atoms with Crippen molar-refractivity contribution in [2.45, 2.75) is 83.1 Å². The number of ketones is 1. The summed E-state index contributed by atoms with van der Waals surface area (Å²) < 4.78 is 0.441. The Morgan fingerprint density at radius 3 is 1.79 bits per heavy atom. The number of hydrogen-bond acceptors (Lipinski definition) is 2. The van der Waals surface area contributed by atoms with Crippen molar-refractivity contribution >= 4 is 23.4 Å². The van der Waals surface area contributed by atoms with Crippen molar-refractivity contribution in [3.63, 3.8) is 0 Å². The van der Waals surface area contributed by atoms with Gasteiger partial charge >= 0.3 is 5.97 Å². The lowest BCUT2D eigenvalue weighted by molar-refractivity contribution is -0.883. The van der Waals surface area contributed by atoms with Gasteiger partial charge in [-0.1, -0.05) is 69.9 Å². The maximum Gasteiger partial charge on any atom is 0.314 e. The van der Waals surface area contributed by atoms with Gasteiger partial charge in [-0.3, -0.25) is 9.59 Å². The summed E-state index contributed by atoms with van der Waals surface area (Å²) >= 11 is 6.25. The molecule has 0 rings (SSSR count). The molecule has 0 unspecified atom stereocenters. The fourth-order valence-electron chi connectivity index (χ4n) is 2.66. The van der Waals surface area contributed by atoms with Crippen LogP contribution in [0.4, 0.5) is 0 Å². The zero-order valence-corrected chi connectivity index (χ0v) is 16.8. The summed E-state index contributed by atoms with van der Waals surface area (Å²) in [6.07, 6.45) is 11.2. The van der Waals surface area contributed by atoms with Gasteiger partial charge in [0.25, 0.3) is 0 Å². The van der Waals surface area contributed by atoms with Crippen LogP contribution in [0.3, 0.4) is 0 Å². The van der Waals surface area contributed by atoms with Gasteiger partial charge in [0.05, 0.1) is 21.1 Å². The summed E-state index contributed by atoms with van der Waals surface area (Å²) in [5, 5.41) is 9.32. The van der Waals surface area contributed by atoms with Gasteiger partial charge in [-0.2, -0.15) is 0 Å². The monoisotopic (exact) mass is 362 g/mol. The summed E-state index contributed by atoms with van der Waals surface area (Å²) in [5.74, 6) is -2.20. The molecule has 2 atom stereocenters. The molecule has 0 aliphatic carbocycles. The second-order valence-corrected chi connectivity index (χ2v) is 8.23. The Balaban J connectivity index is 3.99. The van der Waals surface area contributed by atoms with E-state index < -0.39 is 11.9 Å². The maximum absolute atomic E-state index is 12.2. The molecule has 0 aromatic carbocycles. The number of carboxylic acids is 1. The highest BCUT2D eigenvalue weighted by Crippen LogP contribution is 2.21. The third-order valence-corrected chi connectivity index (χ3v) is 5.25. The zero-order chi connectivity index (χ0) is 18.6. The van der Waals surface area contributed by atoms with E-state index in [1.165, 1.54) is 38.5 Å². The van der Waals surface area contributed by atoms with Crippen molar-refractivity contribution in [1.82, 2.24) is 0 Å². The number of Topliss-reactive ketones (excluding diaryl/α,β-unsaturated/α-hetero) is 1. The Labute approximate surface area is 153 Å². The van der Waals surface area contributed by atoms with Crippen LogP contribution in [0.25, 0.3) is 0 Å². The number of rotatable bonds is 15. The SMILES string of the molecule is CCCCCCCCCCCC(=O)[C@H](C[C@H](Cl)[N+](C)(C)C)C(=O)O. The lowest BCUT2D eigenvalue weighted by Crippen LogP contribution is -2.44. The molecule has 0 saturated heterocycles. The summed E-state index contributed by atoms with van der Waals surface area (Å²) in [6, 6.07) is 0. The number of alkyl halides is 1. The average molecular weight is 363 g/mol. The van der Waals surface area contributed by atoms with Crippen LogP contribution in [-0.4, -0.2) is 48.0 Å². The Morgan fingerprint density at radius 2 is 1.38 bits per heavy atom. The maximum atomic E-state index is 12.2. The minimum Gasteiger partial charge on any atom is -0.481 e. The first-order valence-electron chi connectivity index (χ1n) is 9.40. The van der Waals surface area contributed by atoms with E-state index in [1.54, 1.807) is 0 Å². The van der Waals surface area contributed by atoms with E-state index in [-0.39, 0.29) is 17.7 Å². The average Bonchev–Trinajstić information content (AvgIpc) is 2.49. The molecule has 0 aliphatic heterocycles. The predicted molar refractivity (Wildman–Crippen MR) is 100 cm³/mol. The second-order valence-electron chi connectivity index (χ2n) is 7.72. The number of carbonyl (C=O) groups is 2. The topological polar surface area (TPSA) is 54.4 Å². The van der Waals surface area contributed by atoms with E-state index in [4.69, 9.17) is 11.6 Å². The Hall–Kier alpha value is -0.610. The number of carbonyl (C=O) groups excluding carboxylic acids is 1. The first-order valence-corrected chi connectivity index (χ1v) is 9.84. The van der Waals surface area contributed by atoms with Crippen molar-refractivity contribution in [2.24, 2.45) is 5.92 Å². The molecule has 0 fully saturated rings. The number of hydrogen-bond donors (Lipinski definition) is 1. The van der Waals surface area contributed by atoms with Crippen molar-refractivity contribution < 1.29 is 19.2 Å². The van der Waals surface area contributed by atoms with Gasteiger partial charge < -0.3 is 9.59 Å². The van der Waals surface area contributed by atoms with Gasteiger partial charge in [-0.15, -0.1) is 0 Å². The van der Waals surface area contributed by atoms with Gasteiger partial charge in [-0.05, 0) is 6.42 Å². The third kappa shape index (κ3) is 11.0. The van der Waals surface area contributed by atoms with Gasteiger partial charge in [0.15, 0.2) is 5.50 Å². The number of aliphatic carboxylic acids is 1.